The largest absolute Gasteiger partial charge is 0.462 e. The van der Waals surface area contributed by atoms with E-state index in [2.05, 4.69) is 27.7 Å². The Labute approximate surface area is 355 Å². The summed E-state index contributed by atoms with van der Waals surface area (Å²) in [6.45, 7) is 8.99. The Bertz CT molecular complexity index is 857. The van der Waals surface area contributed by atoms with Gasteiger partial charge in [0.15, 0.2) is 6.10 Å². The Hall–Kier alpha value is -1.59. The van der Waals surface area contributed by atoms with E-state index in [9.17, 15) is 14.4 Å². The van der Waals surface area contributed by atoms with Gasteiger partial charge in [0, 0.05) is 19.3 Å². The average molecular weight is 807 g/mol. The quantitative estimate of drug-likeness (QED) is 0.0346. The van der Waals surface area contributed by atoms with Gasteiger partial charge >= 0.3 is 17.9 Å². The van der Waals surface area contributed by atoms with Gasteiger partial charge in [0.05, 0.1) is 0 Å². The highest BCUT2D eigenvalue weighted by Crippen LogP contribution is 2.17. The van der Waals surface area contributed by atoms with Crippen molar-refractivity contribution in [2.45, 2.75) is 291 Å². The SMILES string of the molecule is CCCCCCCCCCCCCCCCCCCC(=O)O[C@@H](COC(=O)CCCCCCCCCCC)COC(=O)CCCCCCCCCCCCC(C)C. The number of unbranched alkanes of at least 4 members (excludes halogenated alkanes) is 33. The second kappa shape index (κ2) is 45.5. The normalized spacial score (nSPS) is 11.9. The van der Waals surface area contributed by atoms with Crippen molar-refractivity contribution in [1.82, 2.24) is 0 Å². The van der Waals surface area contributed by atoms with E-state index < -0.39 is 6.10 Å². The minimum atomic E-state index is -0.760. The second-order valence-electron chi connectivity index (χ2n) is 17.9. The fourth-order valence-corrected chi connectivity index (χ4v) is 7.69. The summed E-state index contributed by atoms with van der Waals surface area (Å²) in [6, 6.07) is 0. The van der Waals surface area contributed by atoms with Crippen LogP contribution in [0.5, 0.6) is 0 Å². The van der Waals surface area contributed by atoms with Gasteiger partial charge in [-0.15, -0.1) is 0 Å². The second-order valence-corrected chi connectivity index (χ2v) is 17.9. The topological polar surface area (TPSA) is 78.9 Å². The van der Waals surface area contributed by atoms with Gasteiger partial charge < -0.3 is 14.2 Å². The van der Waals surface area contributed by atoms with E-state index >= 15 is 0 Å². The monoisotopic (exact) mass is 807 g/mol. The van der Waals surface area contributed by atoms with Crippen LogP contribution in [-0.2, 0) is 28.6 Å². The van der Waals surface area contributed by atoms with E-state index in [1.807, 2.05) is 0 Å². The van der Waals surface area contributed by atoms with E-state index in [0.717, 1.165) is 63.7 Å². The summed E-state index contributed by atoms with van der Waals surface area (Å²) in [5.41, 5.74) is 0. The van der Waals surface area contributed by atoms with Gasteiger partial charge in [-0.1, -0.05) is 246 Å². The molecule has 0 rings (SSSR count). The molecule has 0 saturated heterocycles. The lowest BCUT2D eigenvalue weighted by molar-refractivity contribution is -0.167. The Morgan fingerprint density at radius 1 is 0.333 bits per heavy atom. The lowest BCUT2D eigenvalue weighted by atomic mass is 10.0. The Morgan fingerprint density at radius 3 is 0.860 bits per heavy atom. The molecule has 0 heterocycles. The van der Waals surface area contributed by atoms with E-state index in [1.54, 1.807) is 0 Å². The van der Waals surface area contributed by atoms with Gasteiger partial charge in [0.2, 0.25) is 0 Å². The minimum absolute atomic E-state index is 0.0634. The molecule has 0 aromatic rings. The minimum Gasteiger partial charge on any atom is -0.462 e. The lowest BCUT2D eigenvalue weighted by Gasteiger charge is -2.18. The van der Waals surface area contributed by atoms with Gasteiger partial charge in [0.25, 0.3) is 0 Å². The summed E-state index contributed by atoms with van der Waals surface area (Å²) in [4.78, 5) is 37.8. The number of carbonyl (C=O) groups excluding carboxylic acids is 3. The number of hydrogen-bond acceptors (Lipinski definition) is 6. The van der Waals surface area contributed by atoms with E-state index in [4.69, 9.17) is 14.2 Å². The molecule has 6 heteroatoms. The van der Waals surface area contributed by atoms with Gasteiger partial charge in [-0.2, -0.15) is 0 Å². The fourth-order valence-electron chi connectivity index (χ4n) is 7.69. The predicted molar refractivity (Wildman–Crippen MR) is 243 cm³/mol. The Morgan fingerprint density at radius 2 is 0.579 bits per heavy atom. The smallest absolute Gasteiger partial charge is 0.306 e. The van der Waals surface area contributed by atoms with Crippen molar-refractivity contribution in [3.05, 3.63) is 0 Å². The van der Waals surface area contributed by atoms with Crippen LogP contribution >= 0.6 is 0 Å². The van der Waals surface area contributed by atoms with Crippen molar-refractivity contribution in [1.29, 1.82) is 0 Å². The number of hydrogen-bond donors (Lipinski definition) is 0. The summed E-state index contributed by atoms with van der Waals surface area (Å²) < 4.78 is 16.8. The molecule has 57 heavy (non-hydrogen) atoms. The van der Waals surface area contributed by atoms with Crippen molar-refractivity contribution < 1.29 is 28.6 Å². The summed E-state index contributed by atoms with van der Waals surface area (Å²) in [5, 5.41) is 0. The van der Waals surface area contributed by atoms with Crippen molar-refractivity contribution in [2.24, 2.45) is 5.92 Å². The van der Waals surface area contributed by atoms with Crippen LogP contribution in [-0.4, -0.2) is 37.2 Å². The van der Waals surface area contributed by atoms with Gasteiger partial charge in [-0.05, 0) is 25.2 Å². The molecule has 0 spiro atoms. The molecule has 0 saturated carbocycles. The predicted octanol–water partition coefficient (Wildman–Crippen LogP) is 16.3. The third kappa shape index (κ3) is 45.3. The first-order valence-electron chi connectivity index (χ1n) is 25.4. The molecule has 0 aliphatic heterocycles. The first-order chi connectivity index (χ1) is 27.9. The van der Waals surface area contributed by atoms with E-state index in [0.29, 0.717) is 19.3 Å². The van der Waals surface area contributed by atoms with Crippen LogP contribution in [0.25, 0.3) is 0 Å². The third-order valence-electron chi connectivity index (χ3n) is 11.5. The molecule has 0 aliphatic rings. The first kappa shape index (κ1) is 55.4. The maximum absolute atomic E-state index is 12.8. The molecule has 0 fully saturated rings. The van der Waals surface area contributed by atoms with Crippen molar-refractivity contribution in [3.63, 3.8) is 0 Å². The third-order valence-corrected chi connectivity index (χ3v) is 11.5. The molecule has 338 valence electrons. The summed E-state index contributed by atoms with van der Waals surface area (Å²) in [6.07, 6.45) is 46.6. The molecule has 0 unspecified atom stereocenters. The molecule has 0 N–H and O–H groups in total. The summed E-state index contributed by atoms with van der Waals surface area (Å²) >= 11 is 0. The molecular weight excluding hydrogens is 709 g/mol. The Balaban J connectivity index is 4.26. The molecule has 0 amide bonds. The van der Waals surface area contributed by atoms with Crippen LogP contribution in [0.2, 0.25) is 0 Å². The van der Waals surface area contributed by atoms with Crippen molar-refractivity contribution in [2.75, 3.05) is 13.2 Å². The number of ether oxygens (including phenoxy) is 3. The van der Waals surface area contributed by atoms with Crippen LogP contribution in [0, 0.1) is 5.92 Å². The van der Waals surface area contributed by atoms with Crippen molar-refractivity contribution in [3.8, 4) is 0 Å². The first-order valence-corrected chi connectivity index (χ1v) is 25.4. The molecular formula is C51H98O6. The summed E-state index contributed by atoms with van der Waals surface area (Å²) in [7, 11) is 0. The zero-order chi connectivity index (χ0) is 41.7. The summed E-state index contributed by atoms with van der Waals surface area (Å²) in [5.74, 6) is -0.0305. The van der Waals surface area contributed by atoms with Crippen LogP contribution in [0.3, 0.4) is 0 Å². The number of carbonyl (C=O) groups is 3. The number of rotatable bonds is 46. The molecule has 0 radical (unpaired) electrons. The fraction of sp³-hybridized carbons (Fsp3) is 0.941. The Kier molecular flexibility index (Phi) is 44.2. The van der Waals surface area contributed by atoms with Crippen LogP contribution in [0.1, 0.15) is 285 Å². The van der Waals surface area contributed by atoms with E-state index in [1.165, 1.54) is 180 Å². The van der Waals surface area contributed by atoms with Crippen LogP contribution < -0.4 is 0 Å². The van der Waals surface area contributed by atoms with Gasteiger partial charge in [-0.3, -0.25) is 14.4 Å². The molecule has 1 atom stereocenters. The average Bonchev–Trinajstić information content (AvgIpc) is 3.19. The molecule has 6 nitrogen and oxygen atoms in total. The highest BCUT2D eigenvalue weighted by Gasteiger charge is 2.19. The van der Waals surface area contributed by atoms with Crippen LogP contribution in [0.4, 0.5) is 0 Å². The van der Waals surface area contributed by atoms with Gasteiger partial charge in [-0.25, -0.2) is 0 Å². The zero-order valence-corrected chi connectivity index (χ0v) is 38.8. The molecule has 0 bridgehead atoms. The maximum atomic E-state index is 12.8. The molecule has 0 aromatic heterocycles. The highest BCUT2D eigenvalue weighted by molar-refractivity contribution is 5.71. The van der Waals surface area contributed by atoms with Crippen molar-refractivity contribution >= 4 is 17.9 Å². The van der Waals surface area contributed by atoms with Gasteiger partial charge in [0.1, 0.15) is 13.2 Å². The highest BCUT2D eigenvalue weighted by atomic mass is 16.6. The standard InChI is InChI=1S/C51H98O6/c1-5-7-9-11-13-15-16-17-18-19-20-21-22-28-32-36-40-44-51(54)57-48(45-55-49(52)42-38-34-30-25-14-12-10-8-6-2)46-56-50(53)43-39-35-31-27-24-23-26-29-33-37-41-47(3)4/h47-48H,5-46H2,1-4H3/t48-/m0/s1. The van der Waals surface area contributed by atoms with E-state index in [-0.39, 0.29) is 31.1 Å². The number of esters is 3. The van der Waals surface area contributed by atoms with Crippen LogP contribution in [0.15, 0.2) is 0 Å². The zero-order valence-electron chi connectivity index (χ0n) is 38.8. The molecule has 0 aliphatic carbocycles. The molecule has 0 aromatic carbocycles. The lowest BCUT2D eigenvalue weighted by Crippen LogP contribution is -2.30. The maximum Gasteiger partial charge on any atom is 0.306 e.